The third-order valence-corrected chi connectivity index (χ3v) is 2.86. The minimum absolute atomic E-state index is 0. The number of carboxylic acids is 1. The summed E-state index contributed by atoms with van der Waals surface area (Å²) < 4.78 is 0. The Morgan fingerprint density at radius 1 is 1.20 bits per heavy atom. The largest absolute Gasteiger partial charge is 0.481 e. The van der Waals surface area contributed by atoms with Gasteiger partial charge in [-0.05, 0) is 25.8 Å². The third-order valence-electron chi connectivity index (χ3n) is 2.86. The van der Waals surface area contributed by atoms with Crippen LogP contribution in [0.15, 0.2) is 0 Å². The quantitative estimate of drug-likeness (QED) is 0.423. The molecule has 0 saturated heterocycles. The molecule has 1 radical (unpaired) electrons. The minimum atomic E-state index is -0.687. The topological polar surface area (TPSA) is 49.3 Å². The number of nitrogens with one attached hydrogen (secondary N) is 1. The normalized spacial score (nSPS) is 17.9. The molecule has 0 aromatic rings. The van der Waals surface area contributed by atoms with Gasteiger partial charge < -0.3 is 10.4 Å². The molecule has 83 valence electrons. The predicted octanol–water partition coefficient (Wildman–Crippen LogP) is 1.78. The first-order chi connectivity index (χ1) is 6.79. The number of rotatable bonds is 5. The number of hydrogen-bond donors (Lipinski definition) is 2. The van der Waals surface area contributed by atoms with Crippen molar-refractivity contribution in [3.8, 4) is 0 Å². The van der Waals surface area contributed by atoms with Crippen LogP contribution in [-0.2, 0) is 4.79 Å². The average Bonchev–Trinajstić information content (AvgIpc) is 2.40. The van der Waals surface area contributed by atoms with Crippen LogP contribution in [-0.4, -0.2) is 53.2 Å². The molecule has 1 rings (SSSR count). The number of hydrogen-bond acceptors (Lipinski definition) is 2. The van der Waals surface area contributed by atoms with Crippen LogP contribution in [0.25, 0.3) is 0 Å². The summed E-state index contributed by atoms with van der Waals surface area (Å²) in [7, 11) is 0. The second-order valence-corrected chi connectivity index (χ2v) is 4.14. The molecule has 15 heavy (non-hydrogen) atoms. The Balaban J connectivity index is 0.00000196. The molecule has 1 saturated carbocycles. The van der Waals surface area contributed by atoms with Crippen molar-refractivity contribution < 1.29 is 9.90 Å². The fraction of sp³-hybridized carbons (Fsp3) is 0.909. The van der Waals surface area contributed by atoms with Gasteiger partial charge >= 0.3 is 5.97 Å². The zero-order valence-corrected chi connectivity index (χ0v) is 11.8. The molecule has 0 atom stereocenters. The summed E-state index contributed by atoms with van der Waals surface area (Å²) in [5.74, 6) is -0.687. The maximum Gasteiger partial charge on any atom is 0.303 e. The smallest absolute Gasteiger partial charge is 0.303 e. The van der Waals surface area contributed by atoms with Gasteiger partial charge in [-0.1, -0.05) is 25.7 Å². The Morgan fingerprint density at radius 2 is 1.80 bits per heavy atom. The molecule has 2 N–H and O–H groups in total. The number of aliphatic carboxylic acids is 1. The first-order valence-corrected chi connectivity index (χ1v) is 5.74. The van der Waals surface area contributed by atoms with E-state index in [1.807, 2.05) is 0 Å². The van der Waals surface area contributed by atoms with Crippen molar-refractivity contribution in [3.05, 3.63) is 0 Å². The second kappa shape index (κ2) is 9.64. The van der Waals surface area contributed by atoms with E-state index in [4.69, 9.17) is 5.11 Å². The first kappa shape index (κ1) is 15.4. The maximum absolute atomic E-state index is 10.3. The summed E-state index contributed by atoms with van der Waals surface area (Å²) >= 11 is 0. The Bertz CT molecular complexity index is 168. The van der Waals surface area contributed by atoms with Gasteiger partial charge in [-0.15, -0.1) is 0 Å². The van der Waals surface area contributed by atoms with Crippen LogP contribution >= 0.6 is 0 Å². The van der Waals surface area contributed by atoms with Gasteiger partial charge in [0.2, 0.25) is 0 Å². The Kier molecular flexibility index (Phi) is 9.92. The summed E-state index contributed by atoms with van der Waals surface area (Å²) in [5.41, 5.74) is 0. The summed E-state index contributed by atoms with van der Waals surface area (Å²) in [4.78, 5) is 10.3. The SMILES string of the molecule is O=C(O)CCCNC1CCCCCC1.[Na]. The van der Waals surface area contributed by atoms with Crippen molar-refractivity contribution in [1.82, 2.24) is 5.32 Å². The van der Waals surface area contributed by atoms with Gasteiger partial charge in [0, 0.05) is 42.0 Å². The van der Waals surface area contributed by atoms with Crippen LogP contribution in [0, 0.1) is 0 Å². The molecule has 1 aliphatic rings. The van der Waals surface area contributed by atoms with Gasteiger partial charge in [0.15, 0.2) is 0 Å². The van der Waals surface area contributed by atoms with Gasteiger partial charge in [0.25, 0.3) is 0 Å². The number of carboxylic acid groups (broad SMARTS) is 1. The van der Waals surface area contributed by atoms with Gasteiger partial charge in [0.1, 0.15) is 0 Å². The van der Waals surface area contributed by atoms with E-state index in [0.717, 1.165) is 13.0 Å². The molecule has 0 bridgehead atoms. The van der Waals surface area contributed by atoms with Crippen molar-refractivity contribution in [2.45, 2.75) is 57.4 Å². The van der Waals surface area contributed by atoms with Gasteiger partial charge in [-0.2, -0.15) is 0 Å². The van der Waals surface area contributed by atoms with Gasteiger partial charge in [-0.25, -0.2) is 0 Å². The number of carbonyl (C=O) groups is 1. The summed E-state index contributed by atoms with van der Waals surface area (Å²) in [6, 6.07) is 0.645. The van der Waals surface area contributed by atoms with E-state index in [9.17, 15) is 4.79 Å². The van der Waals surface area contributed by atoms with E-state index in [1.54, 1.807) is 0 Å². The molecule has 3 nitrogen and oxygen atoms in total. The van der Waals surface area contributed by atoms with Crippen molar-refractivity contribution in [3.63, 3.8) is 0 Å². The molecule has 1 aliphatic carbocycles. The van der Waals surface area contributed by atoms with E-state index in [2.05, 4.69) is 5.32 Å². The Morgan fingerprint density at radius 3 is 2.33 bits per heavy atom. The molecule has 4 heteroatoms. The molecule has 0 aromatic carbocycles. The van der Waals surface area contributed by atoms with E-state index in [-0.39, 0.29) is 29.6 Å². The maximum atomic E-state index is 10.3. The van der Waals surface area contributed by atoms with Crippen molar-refractivity contribution in [2.75, 3.05) is 6.54 Å². The van der Waals surface area contributed by atoms with Gasteiger partial charge in [0.05, 0.1) is 0 Å². The molecule has 1 fully saturated rings. The standard InChI is InChI=1S/C11H21NO2.Na/c13-11(14)8-5-9-12-10-6-3-1-2-4-7-10;/h10,12H,1-9H2,(H,13,14);. The molecule has 0 aromatic heterocycles. The van der Waals surface area contributed by atoms with Crippen LogP contribution in [0.3, 0.4) is 0 Å². The van der Waals surface area contributed by atoms with E-state index >= 15 is 0 Å². The van der Waals surface area contributed by atoms with E-state index < -0.39 is 5.97 Å². The monoisotopic (exact) mass is 222 g/mol. The van der Waals surface area contributed by atoms with Crippen LogP contribution in [0.1, 0.15) is 51.4 Å². The van der Waals surface area contributed by atoms with Crippen molar-refractivity contribution in [2.24, 2.45) is 0 Å². The molecular weight excluding hydrogens is 201 g/mol. The predicted molar refractivity (Wildman–Crippen MR) is 62.1 cm³/mol. The van der Waals surface area contributed by atoms with Crippen LogP contribution < -0.4 is 5.32 Å². The fourth-order valence-electron chi connectivity index (χ4n) is 2.03. The van der Waals surface area contributed by atoms with E-state index in [0.29, 0.717) is 12.5 Å². The zero-order chi connectivity index (χ0) is 10.2. The molecule has 0 heterocycles. The third kappa shape index (κ3) is 8.26. The van der Waals surface area contributed by atoms with E-state index in [1.165, 1.54) is 38.5 Å². The first-order valence-electron chi connectivity index (χ1n) is 5.74. The summed E-state index contributed by atoms with van der Waals surface area (Å²) in [5, 5.41) is 11.9. The van der Waals surface area contributed by atoms with Crippen LogP contribution in [0.4, 0.5) is 0 Å². The fourth-order valence-corrected chi connectivity index (χ4v) is 2.03. The average molecular weight is 222 g/mol. The molecule has 0 unspecified atom stereocenters. The molecule has 0 spiro atoms. The van der Waals surface area contributed by atoms with Crippen molar-refractivity contribution >= 4 is 35.5 Å². The minimum Gasteiger partial charge on any atom is -0.481 e. The summed E-state index contributed by atoms with van der Waals surface area (Å²) in [6.07, 6.45) is 8.99. The van der Waals surface area contributed by atoms with Crippen LogP contribution in [0.5, 0.6) is 0 Å². The Hall–Kier alpha value is 0.430. The Labute approximate surface area is 114 Å². The molecule has 0 amide bonds. The molecular formula is C11H21NNaO2. The molecule has 0 aliphatic heterocycles. The van der Waals surface area contributed by atoms with Crippen molar-refractivity contribution in [1.29, 1.82) is 0 Å². The summed E-state index contributed by atoms with van der Waals surface area (Å²) in [6.45, 7) is 0.858. The van der Waals surface area contributed by atoms with Crippen LogP contribution in [0.2, 0.25) is 0 Å². The van der Waals surface area contributed by atoms with Gasteiger partial charge in [-0.3, -0.25) is 4.79 Å². The zero-order valence-electron chi connectivity index (χ0n) is 9.80. The second-order valence-electron chi connectivity index (χ2n) is 4.14.